The van der Waals surface area contributed by atoms with E-state index in [0.717, 1.165) is 12.1 Å². The van der Waals surface area contributed by atoms with Crippen LogP contribution < -0.4 is 5.32 Å². The number of carbonyl (C=O) groups excluding carboxylic acids is 1. The van der Waals surface area contributed by atoms with Gasteiger partial charge < -0.3 is 15.5 Å². The van der Waals surface area contributed by atoms with Crippen LogP contribution in [-0.2, 0) is 11.2 Å². The first-order chi connectivity index (χ1) is 10.9. The molecule has 2 aromatic carbocycles. The minimum absolute atomic E-state index is 0.0106. The normalized spacial score (nSPS) is 13.4. The van der Waals surface area contributed by atoms with Gasteiger partial charge >= 0.3 is 0 Å². The Morgan fingerprint density at radius 3 is 2.52 bits per heavy atom. The lowest BCUT2D eigenvalue weighted by Gasteiger charge is -2.21. The van der Waals surface area contributed by atoms with Gasteiger partial charge in [-0.25, -0.2) is 8.78 Å². The van der Waals surface area contributed by atoms with Crippen LogP contribution in [0.4, 0.5) is 8.78 Å². The molecule has 0 saturated carbocycles. The van der Waals surface area contributed by atoms with Crippen LogP contribution in [0.3, 0.4) is 0 Å². The molecule has 0 radical (unpaired) electrons. The summed E-state index contributed by atoms with van der Waals surface area (Å²) in [7, 11) is 0. The highest BCUT2D eigenvalue weighted by Crippen LogP contribution is 2.20. The number of halogens is 2. The van der Waals surface area contributed by atoms with Gasteiger partial charge in [-0.2, -0.15) is 0 Å². The van der Waals surface area contributed by atoms with Crippen molar-refractivity contribution in [1.82, 2.24) is 5.32 Å². The second-order valence-electron chi connectivity index (χ2n) is 5.28. The molecule has 0 aliphatic heterocycles. The summed E-state index contributed by atoms with van der Waals surface area (Å²) in [6, 6.07) is 8.80. The van der Waals surface area contributed by atoms with Crippen molar-refractivity contribution in [2.24, 2.45) is 0 Å². The lowest BCUT2D eigenvalue weighted by Crippen LogP contribution is -2.38. The number of aliphatic hydroxyl groups excluding tert-OH is 1. The van der Waals surface area contributed by atoms with Crippen LogP contribution in [0.1, 0.15) is 24.2 Å². The van der Waals surface area contributed by atoms with Crippen molar-refractivity contribution < 1.29 is 23.8 Å². The summed E-state index contributed by atoms with van der Waals surface area (Å²) in [5.74, 6) is -2.46. The Morgan fingerprint density at radius 1 is 1.17 bits per heavy atom. The standard InChI is InChI=1S/C17H17F2NO3/c1-10(17(23)12-6-7-13(18)14(19)8-12)20-16(22)9-11-4-2-3-5-15(11)21/h2-8,10,17,21,23H,9H2,1H3,(H,20,22). The number of hydrogen-bond donors (Lipinski definition) is 3. The lowest BCUT2D eigenvalue weighted by atomic mass is 10.0. The van der Waals surface area contributed by atoms with Crippen LogP contribution >= 0.6 is 0 Å². The number of rotatable bonds is 5. The third-order valence-corrected chi connectivity index (χ3v) is 3.49. The van der Waals surface area contributed by atoms with Crippen molar-refractivity contribution >= 4 is 5.91 Å². The molecular weight excluding hydrogens is 304 g/mol. The Bertz CT molecular complexity index is 706. The van der Waals surface area contributed by atoms with Crippen LogP contribution in [0.2, 0.25) is 0 Å². The van der Waals surface area contributed by atoms with Gasteiger partial charge in [-0.15, -0.1) is 0 Å². The van der Waals surface area contributed by atoms with Crippen molar-refractivity contribution in [1.29, 1.82) is 0 Å². The molecule has 2 rings (SSSR count). The smallest absolute Gasteiger partial charge is 0.224 e. The summed E-state index contributed by atoms with van der Waals surface area (Å²) in [5.41, 5.74) is 0.624. The van der Waals surface area contributed by atoms with Gasteiger partial charge in [-0.3, -0.25) is 4.79 Å². The molecule has 23 heavy (non-hydrogen) atoms. The monoisotopic (exact) mass is 321 g/mol. The quantitative estimate of drug-likeness (QED) is 0.792. The van der Waals surface area contributed by atoms with Crippen LogP contribution in [0, 0.1) is 11.6 Å². The molecule has 122 valence electrons. The van der Waals surface area contributed by atoms with Crippen LogP contribution in [0.15, 0.2) is 42.5 Å². The van der Waals surface area contributed by atoms with Gasteiger partial charge in [-0.1, -0.05) is 24.3 Å². The lowest BCUT2D eigenvalue weighted by molar-refractivity contribution is -0.121. The predicted octanol–water partition coefficient (Wildman–Crippen LogP) is 2.45. The zero-order valence-corrected chi connectivity index (χ0v) is 12.5. The largest absolute Gasteiger partial charge is 0.508 e. The average Bonchev–Trinajstić information content (AvgIpc) is 2.51. The number of phenols is 1. The molecule has 2 unspecified atom stereocenters. The van der Waals surface area contributed by atoms with E-state index in [4.69, 9.17) is 0 Å². The Kier molecular flexibility index (Phi) is 5.28. The molecule has 4 nitrogen and oxygen atoms in total. The molecule has 0 fully saturated rings. The molecule has 2 atom stereocenters. The average molecular weight is 321 g/mol. The number of carbonyl (C=O) groups is 1. The summed E-state index contributed by atoms with van der Waals surface area (Å²) in [6.45, 7) is 1.55. The fourth-order valence-corrected chi connectivity index (χ4v) is 2.20. The molecule has 3 N–H and O–H groups in total. The summed E-state index contributed by atoms with van der Waals surface area (Å²) in [5, 5.41) is 22.3. The second-order valence-corrected chi connectivity index (χ2v) is 5.28. The maximum absolute atomic E-state index is 13.2. The molecule has 0 saturated heterocycles. The van der Waals surface area contributed by atoms with E-state index in [9.17, 15) is 23.8 Å². The van der Waals surface area contributed by atoms with Gasteiger partial charge in [0.1, 0.15) is 5.75 Å². The second kappa shape index (κ2) is 7.19. The molecule has 0 spiro atoms. The molecule has 0 aliphatic carbocycles. The highest BCUT2D eigenvalue weighted by molar-refractivity contribution is 5.79. The first-order valence-electron chi connectivity index (χ1n) is 7.07. The third kappa shape index (κ3) is 4.26. The zero-order chi connectivity index (χ0) is 17.0. The maximum atomic E-state index is 13.2. The first-order valence-corrected chi connectivity index (χ1v) is 7.07. The van der Waals surface area contributed by atoms with Crippen LogP contribution in [-0.4, -0.2) is 22.2 Å². The van der Waals surface area contributed by atoms with Crippen molar-refractivity contribution in [3.05, 3.63) is 65.2 Å². The van der Waals surface area contributed by atoms with Crippen LogP contribution in [0.25, 0.3) is 0 Å². The molecule has 6 heteroatoms. The zero-order valence-electron chi connectivity index (χ0n) is 12.5. The van der Waals surface area contributed by atoms with Crippen molar-refractivity contribution in [2.75, 3.05) is 0 Å². The molecule has 0 aromatic heterocycles. The number of phenolic OH excluding ortho intramolecular Hbond substituents is 1. The topological polar surface area (TPSA) is 69.6 Å². The highest BCUT2D eigenvalue weighted by Gasteiger charge is 2.20. The van der Waals surface area contributed by atoms with E-state index in [1.54, 1.807) is 25.1 Å². The Hall–Kier alpha value is -2.47. The molecular formula is C17H17F2NO3. The third-order valence-electron chi connectivity index (χ3n) is 3.49. The van der Waals surface area contributed by atoms with Gasteiger partial charge in [-0.05, 0) is 30.7 Å². The van der Waals surface area contributed by atoms with Crippen molar-refractivity contribution in [3.8, 4) is 5.75 Å². The number of amides is 1. The number of aromatic hydroxyl groups is 1. The van der Waals surface area contributed by atoms with Gasteiger partial charge in [0.2, 0.25) is 5.91 Å². The number of benzene rings is 2. The van der Waals surface area contributed by atoms with E-state index >= 15 is 0 Å². The maximum Gasteiger partial charge on any atom is 0.224 e. The van der Waals surface area contributed by atoms with Gasteiger partial charge in [0.15, 0.2) is 11.6 Å². The molecule has 1 amide bonds. The van der Waals surface area contributed by atoms with E-state index in [0.29, 0.717) is 5.56 Å². The highest BCUT2D eigenvalue weighted by atomic mass is 19.2. The van der Waals surface area contributed by atoms with Crippen molar-refractivity contribution in [2.45, 2.75) is 25.5 Å². The van der Waals surface area contributed by atoms with E-state index in [1.165, 1.54) is 12.1 Å². The summed E-state index contributed by atoms with van der Waals surface area (Å²) in [6.07, 6.45) is -1.24. The number of aliphatic hydroxyl groups is 1. The predicted molar refractivity (Wildman–Crippen MR) is 80.7 cm³/mol. The Labute approximate surface area is 132 Å². The fourth-order valence-electron chi connectivity index (χ4n) is 2.20. The minimum Gasteiger partial charge on any atom is -0.508 e. The van der Waals surface area contributed by atoms with E-state index in [2.05, 4.69) is 5.32 Å². The Balaban J connectivity index is 2.00. The van der Waals surface area contributed by atoms with Gasteiger partial charge in [0.25, 0.3) is 0 Å². The molecule has 0 bridgehead atoms. The van der Waals surface area contributed by atoms with Gasteiger partial charge in [0.05, 0.1) is 18.6 Å². The SMILES string of the molecule is CC(NC(=O)Cc1ccccc1O)C(O)c1ccc(F)c(F)c1. The summed E-state index contributed by atoms with van der Waals surface area (Å²) < 4.78 is 26.1. The van der Waals surface area contributed by atoms with Crippen LogP contribution in [0.5, 0.6) is 5.75 Å². The fraction of sp³-hybridized carbons (Fsp3) is 0.235. The Morgan fingerprint density at radius 2 is 1.87 bits per heavy atom. The van der Waals surface area contributed by atoms with E-state index in [1.807, 2.05) is 0 Å². The first kappa shape index (κ1) is 16.9. The summed E-state index contributed by atoms with van der Waals surface area (Å²) >= 11 is 0. The molecule has 2 aromatic rings. The summed E-state index contributed by atoms with van der Waals surface area (Å²) in [4.78, 5) is 12.0. The van der Waals surface area contributed by atoms with Gasteiger partial charge in [0, 0.05) is 5.56 Å². The number of para-hydroxylation sites is 1. The number of hydrogen-bond acceptors (Lipinski definition) is 3. The number of nitrogens with one attached hydrogen (secondary N) is 1. The molecule has 0 heterocycles. The molecule has 0 aliphatic rings. The van der Waals surface area contributed by atoms with E-state index in [-0.39, 0.29) is 17.7 Å². The van der Waals surface area contributed by atoms with E-state index < -0.39 is 29.7 Å². The minimum atomic E-state index is -1.18. The van der Waals surface area contributed by atoms with Crippen molar-refractivity contribution in [3.63, 3.8) is 0 Å².